The van der Waals surface area contributed by atoms with Crippen LogP contribution in [0.5, 0.6) is 0 Å². The molecule has 33 heavy (non-hydrogen) atoms. The lowest BCUT2D eigenvalue weighted by molar-refractivity contribution is 0.476. The molecule has 0 spiro atoms. The number of hydrogen-bond donors (Lipinski definition) is 3. The second kappa shape index (κ2) is 9.40. The molecule has 4 rings (SSSR count). The molecule has 3 N–H and O–H groups in total. The number of rotatable bonds is 7. The van der Waals surface area contributed by atoms with Gasteiger partial charge in [-0.2, -0.15) is 10.6 Å². The molecule has 172 valence electrons. The van der Waals surface area contributed by atoms with E-state index in [9.17, 15) is 9.11 Å². The predicted octanol–water partition coefficient (Wildman–Crippen LogP) is 5.41. The molecule has 0 saturated heterocycles. The van der Waals surface area contributed by atoms with Crippen LogP contribution in [-0.4, -0.2) is 41.6 Å². The quantitative estimate of drug-likeness (QED) is 0.332. The van der Waals surface area contributed by atoms with Gasteiger partial charge >= 0.3 is 0 Å². The molecule has 0 saturated carbocycles. The van der Waals surface area contributed by atoms with Crippen LogP contribution in [0.3, 0.4) is 0 Å². The van der Waals surface area contributed by atoms with Crippen LogP contribution in [0.4, 0.5) is 0 Å². The second-order valence-corrected chi connectivity index (χ2v) is 10.6. The lowest BCUT2D eigenvalue weighted by atomic mass is 10.1. The Morgan fingerprint density at radius 3 is 2.33 bits per heavy atom. The van der Waals surface area contributed by atoms with E-state index in [2.05, 4.69) is 25.5 Å². The highest BCUT2D eigenvalue weighted by Gasteiger charge is 2.21. The van der Waals surface area contributed by atoms with E-state index in [1.54, 1.807) is 38.4 Å². The summed E-state index contributed by atoms with van der Waals surface area (Å²) in [5, 5.41) is 11.2. The van der Waals surface area contributed by atoms with Gasteiger partial charge in [0.2, 0.25) is 5.89 Å². The maximum Gasteiger partial charge on any atom is 0.268 e. The van der Waals surface area contributed by atoms with Gasteiger partial charge in [-0.1, -0.05) is 18.2 Å². The van der Waals surface area contributed by atoms with Crippen LogP contribution in [0, 0.1) is 6.92 Å². The van der Waals surface area contributed by atoms with E-state index in [0.29, 0.717) is 22.2 Å². The summed E-state index contributed by atoms with van der Waals surface area (Å²) in [6.45, 7) is 6.28. The zero-order valence-corrected chi connectivity index (χ0v) is 19.8. The van der Waals surface area contributed by atoms with Crippen LogP contribution in [-0.2, 0) is 6.54 Å². The molecule has 4 aromatic rings. The molecule has 0 aliphatic heterocycles. The number of aromatic nitrogens is 4. The summed E-state index contributed by atoms with van der Waals surface area (Å²) in [5.41, 5.74) is 4.80. The maximum atomic E-state index is 10.5. The van der Waals surface area contributed by atoms with Gasteiger partial charge in [0.1, 0.15) is 5.69 Å². The molecule has 0 unspecified atom stereocenters. The molecule has 0 atom stereocenters. The highest BCUT2D eigenvalue weighted by molar-refractivity contribution is 8.24. The van der Waals surface area contributed by atoms with Crippen LogP contribution in [0.1, 0.15) is 25.0 Å². The Balaban J connectivity index is 1.62. The lowest BCUT2D eigenvalue weighted by Crippen LogP contribution is -2.10. The van der Waals surface area contributed by atoms with Crippen molar-refractivity contribution in [2.75, 3.05) is 7.05 Å². The summed E-state index contributed by atoms with van der Waals surface area (Å²) < 4.78 is 26.8. The zero-order valence-electron chi connectivity index (χ0n) is 19.0. The molecule has 0 aliphatic rings. The van der Waals surface area contributed by atoms with E-state index in [4.69, 9.17) is 4.42 Å². The molecule has 8 nitrogen and oxygen atoms in total. The smallest absolute Gasteiger partial charge is 0.268 e. The van der Waals surface area contributed by atoms with Crippen LogP contribution < -0.4 is 5.32 Å². The Kier molecular flexibility index (Phi) is 6.57. The third kappa shape index (κ3) is 4.81. The minimum atomic E-state index is -2.85. The highest BCUT2D eigenvalue weighted by Crippen LogP contribution is 2.52. The summed E-state index contributed by atoms with van der Waals surface area (Å²) >= 11 is 0. The van der Waals surface area contributed by atoms with Crippen molar-refractivity contribution < 1.29 is 13.5 Å². The number of nitrogens with one attached hydrogen (secondary N) is 1. The molecule has 0 amide bonds. The minimum Gasteiger partial charge on any atom is -0.415 e. The van der Waals surface area contributed by atoms with Gasteiger partial charge in [0, 0.05) is 22.9 Å². The van der Waals surface area contributed by atoms with E-state index in [1.807, 2.05) is 44.3 Å². The third-order valence-corrected chi connectivity index (χ3v) is 7.60. The van der Waals surface area contributed by atoms with Gasteiger partial charge in [-0.3, -0.25) is 14.1 Å². The lowest BCUT2D eigenvalue weighted by Gasteiger charge is -2.36. The van der Waals surface area contributed by atoms with Gasteiger partial charge in [-0.15, -0.1) is 10.2 Å². The van der Waals surface area contributed by atoms with Crippen LogP contribution in [0.25, 0.3) is 34.3 Å². The molecule has 2 aromatic heterocycles. The Morgan fingerprint density at radius 2 is 1.67 bits per heavy atom. The Hall–Kier alpha value is -3.11. The molecule has 0 fully saturated rings. The first kappa shape index (κ1) is 23.1. The number of aryl methyl sites for hydroxylation is 1. The van der Waals surface area contributed by atoms with Crippen molar-refractivity contribution in [3.05, 3.63) is 66.0 Å². The molecular formula is C24H27N5O3S. The van der Waals surface area contributed by atoms with E-state index < -0.39 is 10.6 Å². The monoisotopic (exact) mass is 465 g/mol. The molecule has 2 heterocycles. The fourth-order valence-corrected chi connectivity index (χ4v) is 4.56. The average molecular weight is 466 g/mol. The highest BCUT2D eigenvalue weighted by atomic mass is 32.3. The molecule has 0 radical (unpaired) electrons. The summed E-state index contributed by atoms with van der Waals surface area (Å²) in [6.07, 6.45) is 3.24. The average Bonchev–Trinajstić information content (AvgIpc) is 3.30. The third-order valence-electron chi connectivity index (χ3n) is 5.34. The SMILES string of the molecule is CNCc1ccc(-c2nnc(-c3cncc(-c4ccc(S(O)(O)C(C)C)cc4C)n3)o2)cc1. The maximum absolute atomic E-state index is 10.5. The molecular weight excluding hydrogens is 438 g/mol. The minimum absolute atomic E-state index is 0.267. The number of hydrogen-bond acceptors (Lipinski definition) is 8. The van der Waals surface area contributed by atoms with Gasteiger partial charge < -0.3 is 9.73 Å². The van der Waals surface area contributed by atoms with Crippen molar-refractivity contribution in [2.24, 2.45) is 0 Å². The largest absolute Gasteiger partial charge is 0.415 e. The normalized spacial score (nSPS) is 12.3. The van der Waals surface area contributed by atoms with Crippen LogP contribution >= 0.6 is 10.6 Å². The van der Waals surface area contributed by atoms with Crippen LogP contribution in [0.2, 0.25) is 0 Å². The van der Waals surface area contributed by atoms with Crippen molar-refractivity contribution in [1.29, 1.82) is 0 Å². The van der Waals surface area contributed by atoms with Gasteiger partial charge in [0.05, 0.1) is 23.0 Å². The Labute approximate surface area is 194 Å². The first-order chi connectivity index (χ1) is 15.8. The number of nitrogens with zero attached hydrogens (tertiary/aromatic N) is 4. The van der Waals surface area contributed by atoms with Gasteiger partial charge in [0.15, 0.2) is 0 Å². The van der Waals surface area contributed by atoms with Crippen molar-refractivity contribution in [1.82, 2.24) is 25.5 Å². The molecule has 2 aromatic carbocycles. The summed E-state index contributed by atoms with van der Waals surface area (Å²) in [6, 6.07) is 13.3. The topological polar surface area (TPSA) is 117 Å². The standard InChI is InChI=1S/C24H27N5O3S/c1-15(2)33(30,31)19-9-10-20(16(3)11-19)21-13-26-14-22(27-21)24-29-28-23(32-24)18-7-5-17(6-8-18)12-25-4/h5-11,13-15,25,30-31H,12H2,1-4H3. The van der Waals surface area contributed by atoms with Crippen LogP contribution in [0.15, 0.2) is 64.2 Å². The van der Waals surface area contributed by atoms with Crippen molar-refractivity contribution in [3.63, 3.8) is 0 Å². The predicted molar refractivity (Wildman–Crippen MR) is 130 cm³/mol. The second-order valence-electron chi connectivity index (χ2n) is 8.05. The molecule has 9 heteroatoms. The summed E-state index contributed by atoms with van der Waals surface area (Å²) in [7, 11) is -0.947. The van der Waals surface area contributed by atoms with Crippen molar-refractivity contribution in [3.8, 4) is 34.3 Å². The zero-order chi connectivity index (χ0) is 23.6. The van der Waals surface area contributed by atoms with Gasteiger partial charge in [-0.05, 0) is 63.2 Å². The van der Waals surface area contributed by atoms with E-state index >= 15 is 0 Å². The van der Waals surface area contributed by atoms with Crippen molar-refractivity contribution in [2.45, 2.75) is 37.5 Å². The first-order valence-electron chi connectivity index (χ1n) is 10.6. The Bertz CT molecular complexity index is 1260. The van der Waals surface area contributed by atoms with Gasteiger partial charge in [0.25, 0.3) is 5.89 Å². The fourth-order valence-electron chi connectivity index (χ4n) is 3.39. The van der Waals surface area contributed by atoms with E-state index in [0.717, 1.165) is 28.8 Å². The molecule has 0 bridgehead atoms. The summed E-state index contributed by atoms with van der Waals surface area (Å²) in [5.74, 6) is 0.689. The van der Waals surface area contributed by atoms with Gasteiger partial charge in [-0.25, -0.2) is 4.98 Å². The Morgan fingerprint density at radius 1 is 0.970 bits per heavy atom. The van der Waals surface area contributed by atoms with E-state index in [-0.39, 0.29) is 11.1 Å². The molecule has 0 aliphatic carbocycles. The number of benzene rings is 2. The first-order valence-corrected chi connectivity index (χ1v) is 12.2. The van der Waals surface area contributed by atoms with E-state index in [1.165, 1.54) is 0 Å². The fraction of sp³-hybridized carbons (Fsp3) is 0.250. The van der Waals surface area contributed by atoms with Crippen molar-refractivity contribution >= 4 is 10.6 Å². The summed E-state index contributed by atoms with van der Waals surface area (Å²) in [4.78, 5) is 9.48.